The van der Waals surface area contributed by atoms with Gasteiger partial charge < -0.3 is 10.4 Å². The third-order valence-electron chi connectivity index (χ3n) is 1.97. The van der Waals surface area contributed by atoms with Gasteiger partial charge in [0, 0.05) is 13.2 Å². The highest BCUT2D eigenvalue weighted by Crippen LogP contribution is 1.98. The molecule has 0 saturated carbocycles. The number of carbonyl (C=O) groups is 1. The zero-order valence-electron chi connectivity index (χ0n) is 8.62. The van der Waals surface area contributed by atoms with Crippen molar-refractivity contribution in [2.75, 3.05) is 13.2 Å². The van der Waals surface area contributed by atoms with Crippen LogP contribution in [0.2, 0.25) is 0 Å². The summed E-state index contributed by atoms with van der Waals surface area (Å²) in [6, 6.07) is 1.88. The highest BCUT2D eigenvalue weighted by Gasteiger charge is 2.09. The monoisotopic (exact) mass is 198 g/mol. The van der Waals surface area contributed by atoms with Gasteiger partial charge in [-0.2, -0.15) is 5.26 Å². The van der Waals surface area contributed by atoms with Gasteiger partial charge in [0.15, 0.2) is 0 Å². The molecular weight excluding hydrogens is 180 g/mol. The van der Waals surface area contributed by atoms with Crippen LogP contribution < -0.4 is 5.32 Å². The molecule has 0 aliphatic rings. The van der Waals surface area contributed by atoms with E-state index in [1.165, 1.54) is 0 Å². The van der Waals surface area contributed by atoms with Crippen molar-refractivity contribution >= 4 is 5.91 Å². The minimum Gasteiger partial charge on any atom is -0.396 e. The molecule has 0 fully saturated rings. The zero-order chi connectivity index (χ0) is 10.8. The van der Waals surface area contributed by atoms with Crippen LogP contribution in [0.1, 0.15) is 32.6 Å². The second kappa shape index (κ2) is 8.52. The number of carbonyl (C=O) groups excluding carboxylic acids is 1. The van der Waals surface area contributed by atoms with E-state index in [0.717, 1.165) is 25.7 Å². The third-order valence-corrected chi connectivity index (χ3v) is 1.97. The first kappa shape index (κ1) is 12.9. The SMILES string of the molecule is CC(C#N)C(=O)NCCCCCCO. The fraction of sp³-hybridized carbons (Fsp3) is 0.800. The maximum absolute atomic E-state index is 11.1. The van der Waals surface area contributed by atoms with Gasteiger partial charge in [0.2, 0.25) is 5.91 Å². The highest BCUT2D eigenvalue weighted by atomic mass is 16.2. The van der Waals surface area contributed by atoms with Crippen LogP contribution in [0.4, 0.5) is 0 Å². The molecule has 0 heterocycles. The van der Waals surface area contributed by atoms with Gasteiger partial charge in [-0.1, -0.05) is 12.8 Å². The maximum atomic E-state index is 11.1. The van der Waals surface area contributed by atoms with Crippen LogP contribution in [0.25, 0.3) is 0 Å². The molecule has 0 spiro atoms. The molecule has 0 aliphatic heterocycles. The average molecular weight is 198 g/mol. The molecule has 0 rings (SSSR count). The van der Waals surface area contributed by atoms with Gasteiger partial charge in [-0.3, -0.25) is 4.79 Å². The van der Waals surface area contributed by atoms with Crippen molar-refractivity contribution in [3.63, 3.8) is 0 Å². The minimum absolute atomic E-state index is 0.199. The van der Waals surface area contributed by atoms with Crippen molar-refractivity contribution in [2.45, 2.75) is 32.6 Å². The van der Waals surface area contributed by atoms with E-state index in [-0.39, 0.29) is 12.5 Å². The first-order valence-electron chi connectivity index (χ1n) is 5.00. The number of aliphatic hydroxyl groups excluding tert-OH is 1. The van der Waals surface area contributed by atoms with E-state index in [4.69, 9.17) is 10.4 Å². The summed E-state index contributed by atoms with van der Waals surface area (Å²) in [6.07, 6.45) is 3.72. The van der Waals surface area contributed by atoms with Crippen LogP contribution in [-0.4, -0.2) is 24.2 Å². The largest absolute Gasteiger partial charge is 0.396 e. The second-order valence-corrected chi connectivity index (χ2v) is 3.28. The van der Waals surface area contributed by atoms with Crippen LogP contribution in [-0.2, 0) is 4.79 Å². The van der Waals surface area contributed by atoms with E-state index in [9.17, 15) is 4.79 Å². The van der Waals surface area contributed by atoms with Gasteiger partial charge >= 0.3 is 0 Å². The number of hydrogen-bond donors (Lipinski definition) is 2. The molecule has 0 aromatic rings. The number of hydrogen-bond acceptors (Lipinski definition) is 3. The number of nitrogens with zero attached hydrogens (tertiary/aromatic N) is 1. The van der Waals surface area contributed by atoms with Crippen LogP contribution >= 0.6 is 0 Å². The Bertz CT molecular complexity index is 199. The number of unbranched alkanes of at least 4 members (excludes halogenated alkanes) is 3. The second-order valence-electron chi connectivity index (χ2n) is 3.28. The molecule has 4 nitrogen and oxygen atoms in total. The number of nitrogens with one attached hydrogen (secondary N) is 1. The van der Waals surface area contributed by atoms with Crippen molar-refractivity contribution in [1.29, 1.82) is 5.26 Å². The van der Waals surface area contributed by atoms with Crippen LogP contribution in [0.3, 0.4) is 0 Å². The number of amides is 1. The molecule has 0 bridgehead atoms. The summed E-state index contributed by atoms with van der Waals surface area (Å²) >= 11 is 0. The van der Waals surface area contributed by atoms with Crippen LogP contribution in [0.15, 0.2) is 0 Å². The topological polar surface area (TPSA) is 73.1 Å². The Morgan fingerprint density at radius 3 is 2.64 bits per heavy atom. The average Bonchev–Trinajstić information content (AvgIpc) is 2.21. The first-order chi connectivity index (χ1) is 6.72. The van der Waals surface area contributed by atoms with Crippen LogP contribution in [0.5, 0.6) is 0 Å². The third kappa shape index (κ3) is 6.44. The molecule has 4 heteroatoms. The number of nitriles is 1. The minimum atomic E-state index is -0.563. The summed E-state index contributed by atoms with van der Waals surface area (Å²) < 4.78 is 0. The number of rotatable bonds is 7. The van der Waals surface area contributed by atoms with Crippen molar-refractivity contribution in [1.82, 2.24) is 5.32 Å². The molecule has 14 heavy (non-hydrogen) atoms. The fourth-order valence-corrected chi connectivity index (χ4v) is 1.01. The molecule has 0 radical (unpaired) electrons. The number of aliphatic hydroxyl groups is 1. The summed E-state index contributed by atoms with van der Waals surface area (Å²) in [5, 5.41) is 19.6. The van der Waals surface area contributed by atoms with Crippen molar-refractivity contribution in [3.05, 3.63) is 0 Å². The molecule has 1 atom stereocenters. The Balaban J connectivity index is 3.28. The van der Waals surface area contributed by atoms with Crippen molar-refractivity contribution < 1.29 is 9.90 Å². The Morgan fingerprint density at radius 2 is 2.07 bits per heavy atom. The molecule has 1 unspecified atom stereocenters. The Labute approximate surface area is 84.9 Å². The standard InChI is InChI=1S/C10H18N2O2/c1-9(8-11)10(14)12-6-4-2-3-5-7-13/h9,13H,2-7H2,1H3,(H,12,14). The van der Waals surface area contributed by atoms with Gasteiger partial charge in [-0.25, -0.2) is 0 Å². The Morgan fingerprint density at radius 1 is 1.43 bits per heavy atom. The lowest BCUT2D eigenvalue weighted by molar-refractivity contribution is -0.122. The maximum Gasteiger partial charge on any atom is 0.237 e. The highest BCUT2D eigenvalue weighted by molar-refractivity contribution is 5.80. The molecule has 1 amide bonds. The van der Waals surface area contributed by atoms with Gasteiger partial charge in [-0.15, -0.1) is 0 Å². The lowest BCUT2D eigenvalue weighted by Crippen LogP contribution is -2.29. The van der Waals surface area contributed by atoms with E-state index >= 15 is 0 Å². The molecule has 0 aromatic heterocycles. The molecule has 80 valence electrons. The van der Waals surface area contributed by atoms with Gasteiger partial charge in [0.05, 0.1) is 6.07 Å². The van der Waals surface area contributed by atoms with Gasteiger partial charge in [0.1, 0.15) is 5.92 Å². The van der Waals surface area contributed by atoms with E-state index in [0.29, 0.717) is 6.54 Å². The Hall–Kier alpha value is -1.08. The summed E-state index contributed by atoms with van der Waals surface area (Å²) in [7, 11) is 0. The van der Waals surface area contributed by atoms with Crippen molar-refractivity contribution in [2.24, 2.45) is 5.92 Å². The summed E-state index contributed by atoms with van der Waals surface area (Å²) in [4.78, 5) is 11.1. The predicted octanol–water partition coefficient (Wildman–Crippen LogP) is 0.815. The summed E-state index contributed by atoms with van der Waals surface area (Å²) in [6.45, 7) is 2.44. The first-order valence-corrected chi connectivity index (χ1v) is 5.00. The van der Waals surface area contributed by atoms with E-state index in [1.54, 1.807) is 6.92 Å². The molecule has 0 aliphatic carbocycles. The van der Waals surface area contributed by atoms with Gasteiger partial charge in [0.25, 0.3) is 0 Å². The Kier molecular flexibility index (Phi) is 7.86. The molecular formula is C10H18N2O2. The normalized spacial score (nSPS) is 11.8. The zero-order valence-corrected chi connectivity index (χ0v) is 8.62. The van der Waals surface area contributed by atoms with Crippen LogP contribution in [0, 0.1) is 17.2 Å². The molecule has 0 aromatic carbocycles. The van der Waals surface area contributed by atoms with E-state index in [2.05, 4.69) is 5.32 Å². The predicted molar refractivity (Wildman–Crippen MR) is 53.3 cm³/mol. The van der Waals surface area contributed by atoms with Gasteiger partial charge in [-0.05, 0) is 19.8 Å². The lowest BCUT2D eigenvalue weighted by atomic mass is 10.2. The van der Waals surface area contributed by atoms with Crippen molar-refractivity contribution in [3.8, 4) is 6.07 Å². The fourth-order valence-electron chi connectivity index (χ4n) is 1.01. The quantitative estimate of drug-likeness (QED) is 0.595. The lowest BCUT2D eigenvalue weighted by Gasteiger charge is -2.05. The van der Waals surface area contributed by atoms with E-state index in [1.807, 2.05) is 6.07 Å². The molecule has 2 N–H and O–H groups in total. The summed E-state index contributed by atoms with van der Waals surface area (Å²) in [5.41, 5.74) is 0. The molecule has 0 saturated heterocycles. The smallest absolute Gasteiger partial charge is 0.237 e. The van der Waals surface area contributed by atoms with E-state index < -0.39 is 5.92 Å². The summed E-state index contributed by atoms with van der Waals surface area (Å²) in [5.74, 6) is -0.762.